The number of methoxy groups -OCH3 is 2. The van der Waals surface area contributed by atoms with Gasteiger partial charge in [0, 0.05) is 51.0 Å². The summed E-state index contributed by atoms with van der Waals surface area (Å²) in [7, 11) is 3.23. The van der Waals surface area contributed by atoms with E-state index in [1.165, 1.54) is 0 Å². The number of amides is 1. The van der Waals surface area contributed by atoms with Gasteiger partial charge in [-0.05, 0) is 42.5 Å². The van der Waals surface area contributed by atoms with Gasteiger partial charge in [-0.15, -0.1) is 0 Å². The van der Waals surface area contributed by atoms with Gasteiger partial charge in [-0.25, -0.2) is 15.0 Å². The fourth-order valence-electron chi connectivity index (χ4n) is 6.55. The standard InChI is InChI=1S/C30H34N10O3/c1-42-22-9-6-19(15-23(22)43-2)20-7-8-21-27(35-20)28(37-29(31)36-21)38-13-11-32-17-25(38)39-14-12-33-18-30(39)16-26(41)40(30)24-5-3-4-10-34-24/h3-10,15,25,32-33H,11-14,16-18H2,1-2H3,(H2,31,36,37). The van der Waals surface area contributed by atoms with E-state index in [0.717, 1.165) is 30.9 Å². The monoisotopic (exact) mass is 582 g/mol. The van der Waals surface area contributed by atoms with Crippen molar-refractivity contribution in [3.05, 3.63) is 54.7 Å². The maximum atomic E-state index is 13.1. The lowest BCUT2D eigenvalue weighted by atomic mass is 9.88. The third-order valence-electron chi connectivity index (χ3n) is 8.52. The number of rotatable bonds is 6. The normalized spacial score (nSPS) is 22.6. The summed E-state index contributed by atoms with van der Waals surface area (Å²) >= 11 is 0. The number of pyridine rings is 2. The molecule has 0 bridgehead atoms. The van der Waals surface area contributed by atoms with Crippen LogP contribution < -0.4 is 35.6 Å². The number of ether oxygens (including phenoxy) is 2. The minimum absolute atomic E-state index is 0.0562. The highest BCUT2D eigenvalue weighted by molar-refractivity contribution is 6.02. The van der Waals surface area contributed by atoms with Gasteiger partial charge in [-0.2, -0.15) is 4.98 Å². The van der Waals surface area contributed by atoms with Crippen molar-refractivity contribution in [3.8, 4) is 22.8 Å². The number of nitrogens with two attached hydrogens (primary N) is 1. The van der Waals surface area contributed by atoms with Gasteiger partial charge in [-0.1, -0.05) is 6.07 Å². The Morgan fingerprint density at radius 1 is 0.977 bits per heavy atom. The largest absolute Gasteiger partial charge is 0.493 e. The first-order chi connectivity index (χ1) is 21.0. The zero-order valence-electron chi connectivity index (χ0n) is 24.2. The lowest BCUT2D eigenvalue weighted by Crippen LogP contribution is -2.82. The number of piperazine rings is 2. The number of benzene rings is 1. The van der Waals surface area contributed by atoms with E-state index in [-0.39, 0.29) is 18.0 Å². The van der Waals surface area contributed by atoms with Crippen LogP contribution >= 0.6 is 0 Å². The third-order valence-corrected chi connectivity index (χ3v) is 8.52. The maximum absolute atomic E-state index is 13.1. The molecule has 2 atom stereocenters. The Morgan fingerprint density at radius 3 is 2.63 bits per heavy atom. The molecule has 0 aliphatic carbocycles. The molecule has 1 spiro atoms. The zero-order valence-corrected chi connectivity index (χ0v) is 24.2. The Labute approximate surface area is 249 Å². The van der Waals surface area contributed by atoms with Gasteiger partial charge in [0.1, 0.15) is 17.0 Å². The molecule has 2 unspecified atom stereocenters. The quantitative estimate of drug-likeness (QED) is 0.283. The van der Waals surface area contributed by atoms with Gasteiger partial charge >= 0.3 is 0 Å². The number of anilines is 3. The van der Waals surface area contributed by atoms with Crippen molar-refractivity contribution in [1.29, 1.82) is 0 Å². The molecule has 3 aliphatic rings. The molecule has 0 saturated carbocycles. The number of nitrogens with one attached hydrogen (secondary N) is 2. The molecule has 13 heteroatoms. The van der Waals surface area contributed by atoms with E-state index in [0.29, 0.717) is 60.2 Å². The van der Waals surface area contributed by atoms with E-state index < -0.39 is 5.66 Å². The van der Waals surface area contributed by atoms with Crippen LogP contribution in [0.1, 0.15) is 6.42 Å². The minimum Gasteiger partial charge on any atom is -0.493 e. The molecule has 3 fully saturated rings. The molecule has 3 saturated heterocycles. The average Bonchev–Trinajstić information content (AvgIpc) is 3.04. The SMILES string of the molecule is COc1ccc(-c2ccc3nc(N)nc(N4CCNCC4N4CCNCC45CC(=O)N5c4ccccn4)c3n2)cc1OC. The lowest BCUT2D eigenvalue weighted by Gasteiger charge is -2.62. The fourth-order valence-corrected chi connectivity index (χ4v) is 6.55. The van der Waals surface area contributed by atoms with Gasteiger partial charge in [0.15, 0.2) is 17.3 Å². The van der Waals surface area contributed by atoms with Crippen molar-refractivity contribution in [2.75, 3.05) is 69.0 Å². The summed E-state index contributed by atoms with van der Waals surface area (Å²) < 4.78 is 11.0. The summed E-state index contributed by atoms with van der Waals surface area (Å²) in [6.07, 6.45) is 2.00. The molecule has 1 amide bonds. The van der Waals surface area contributed by atoms with Gasteiger partial charge in [0.2, 0.25) is 11.9 Å². The molecule has 4 N–H and O–H groups in total. The highest BCUT2D eigenvalue weighted by Gasteiger charge is 2.59. The van der Waals surface area contributed by atoms with Crippen molar-refractivity contribution in [2.45, 2.75) is 18.2 Å². The minimum atomic E-state index is -0.557. The Hall–Kier alpha value is -4.59. The number of fused-ring (bicyclic) bond motifs is 1. The van der Waals surface area contributed by atoms with Gasteiger partial charge < -0.3 is 30.7 Å². The van der Waals surface area contributed by atoms with Crippen molar-refractivity contribution in [2.24, 2.45) is 0 Å². The average molecular weight is 583 g/mol. The van der Waals surface area contributed by atoms with Crippen LogP contribution in [0, 0.1) is 0 Å². The molecule has 0 radical (unpaired) electrons. The highest BCUT2D eigenvalue weighted by Crippen LogP contribution is 2.42. The van der Waals surface area contributed by atoms with E-state index in [1.807, 2.05) is 53.4 Å². The van der Waals surface area contributed by atoms with Crippen molar-refractivity contribution in [3.63, 3.8) is 0 Å². The topological polar surface area (TPSA) is 147 Å². The summed E-state index contributed by atoms with van der Waals surface area (Å²) in [6.45, 7) is 4.28. The predicted molar refractivity (Wildman–Crippen MR) is 163 cm³/mol. The number of hydrogen-bond donors (Lipinski definition) is 3. The second kappa shape index (κ2) is 10.9. The van der Waals surface area contributed by atoms with Crippen LogP contribution in [0.3, 0.4) is 0 Å². The number of carbonyl (C=O) groups is 1. The second-order valence-corrected chi connectivity index (χ2v) is 10.9. The van der Waals surface area contributed by atoms with E-state index in [9.17, 15) is 4.79 Å². The Balaban J connectivity index is 1.31. The smallest absolute Gasteiger partial charge is 0.233 e. The maximum Gasteiger partial charge on any atom is 0.233 e. The highest BCUT2D eigenvalue weighted by atomic mass is 16.5. The van der Waals surface area contributed by atoms with Crippen LogP contribution in [0.2, 0.25) is 0 Å². The molecular weight excluding hydrogens is 548 g/mol. The molecule has 3 aliphatic heterocycles. The molecule has 6 heterocycles. The summed E-state index contributed by atoms with van der Waals surface area (Å²) in [5, 5.41) is 7.09. The first kappa shape index (κ1) is 27.3. The van der Waals surface area contributed by atoms with Crippen LogP contribution in [0.5, 0.6) is 11.5 Å². The van der Waals surface area contributed by atoms with E-state index in [2.05, 4.69) is 30.4 Å². The van der Waals surface area contributed by atoms with Crippen LogP contribution in [-0.4, -0.2) is 96.1 Å². The molecule has 4 aromatic rings. The Kier molecular flexibility index (Phi) is 6.92. The summed E-state index contributed by atoms with van der Waals surface area (Å²) in [4.78, 5) is 38.5. The van der Waals surface area contributed by atoms with Crippen molar-refractivity contribution in [1.82, 2.24) is 35.5 Å². The van der Waals surface area contributed by atoms with Crippen molar-refractivity contribution >= 4 is 34.5 Å². The predicted octanol–water partition coefficient (Wildman–Crippen LogP) is 1.46. The number of β-lactam (4-membered cyclic amide) rings is 1. The van der Waals surface area contributed by atoms with Crippen LogP contribution in [0.25, 0.3) is 22.3 Å². The van der Waals surface area contributed by atoms with E-state index in [4.69, 9.17) is 25.2 Å². The molecule has 43 heavy (non-hydrogen) atoms. The number of nitrogens with zero attached hydrogens (tertiary/aromatic N) is 7. The van der Waals surface area contributed by atoms with Crippen LogP contribution in [-0.2, 0) is 4.79 Å². The second-order valence-electron chi connectivity index (χ2n) is 10.9. The Bertz CT molecular complexity index is 1670. The number of nitrogen functional groups attached to an aromatic ring is 1. The first-order valence-corrected chi connectivity index (χ1v) is 14.4. The van der Waals surface area contributed by atoms with E-state index in [1.54, 1.807) is 20.4 Å². The van der Waals surface area contributed by atoms with Gasteiger partial charge in [0.05, 0.1) is 38.0 Å². The third kappa shape index (κ3) is 4.56. The molecule has 7 rings (SSSR count). The molecule has 1 aromatic carbocycles. The molecular formula is C30H34N10O3. The lowest BCUT2D eigenvalue weighted by molar-refractivity contribution is -0.138. The first-order valence-electron chi connectivity index (χ1n) is 14.4. The molecule has 3 aromatic heterocycles. The van der Waals surface area contributed by atoms with Crippen LogP contribution in [0.4, 0.5) is 17.6 Å². The zero-order chi connectivity index (χ0) is 29.6. The van der Waals surface area contributed by atoms with Gasteiger partial charge in [0.25, 0.3) is 0 Å². The Morgan fingerprint density at radius 2 is 1.84 bits per heavy atom. The number of hydrogen-bond acceptors (Lipinski definition) is 12. The van der Waals surface area contributed by atoms with Crippen LogP contribution in [0.15, 0.2) is 54.7 Å². The summed E-state index contributed by atoms with van der Waals surface area (Å²) in [5.41, 5.74) is 8.66. The number of aromatic nitrogens is 4. The molecule has 13 nitrogen and oxygen atoms in total. The summed E-state index contributed by atoms with van der Waals surface area (Å²) in [5.74, 6) is 2.83. The summed E-state index contributed by atoms with van der Waals surface area (Å²) in [6, 6.07) is 15.2. The molecule has 222 valence electrons. The van der Waals surface area contributed by atoms with E-state index >= 15 is 0 Å². The number of carbonyl (C=O) groups excluding carboxylic acids is 1. The van der Waals surface area contributed by atoms with Gasteiger partial charge in [-0.3, -0.25) is 14.6 Å². The fraction of sp³-hybridized carbons (Fsp3) is 0.367. The van der Waals surface area contributed by atoms with Crippen molar-refractivity contribution < 1.29 is 14.3 Å².